The highest BCUT2D eigenvalue weighted by atomic mass is 79.9. The van der Waals surface area contributed by atoms with Crippen molar-refractivity contribution in [3.8, 4) is 11.8 Å². The van der Waals surface area contributed by atoms with Crippen LogP contribution in [0.3, 0.4) is 0 Å². The first-order valence-electron chi connectivity index (χ1n) is 7.43. The minimum atomic E-state index is -0.528. The Balaban J connectivity index is 1.77. The van der Waals surface area contributed by atoms with Crippen molar-refractivity contribution in [2.75, 3.05) is 6.54 Å². The fourth-order valence-electron chi connectivity index (χ4n) is 1.92. The zero-order chi connectivity index (χ0) is 18.1. The van der Waals surface area contributed by atoms with Crippen LogP contribution in [0.1, 0.15) is 17.5 Å². The molecule has 0 spiro atoms. The molecule has 0 saturated carbocycles. The van der Waals surface area contributed by atoms with Crippen molar-refractivity contribution in [1.29, 1.82) is 0 Å². The van der Waals surface area contributed by atoms with E-state index < -0.39 is 11.0 Å². The highest BCUT2D eigenvalue weighted by Gasteiger charge is 2.11. The molecule has 0 atom stereocenters. The normalized spacial score (nSPS) is 9.64. The standard InChI is InChI=1S/C18H15BrN2O4/c19-16-10-9-15(17(12-16)21(23)24)8-4-5-11-20-18(22)25-13-14-6-2-1-3-7-14/h1-3,6-7,9-10,12H,5,11,13H2,(H,20,22). The lowest BCUT2D eigenvalue weighted by Crippen LogP contribution is -2.24. The molecule has 2 rings (SSSR count). The maximum atomic E-state index is 11.6. The van der Waals surface area contributed by atoms with E-state index in [9.17, 15) is 14.9 Å². The molecule has 128 valence electrons. The van der Waals surface area contributed by atoms with E-state index in [1.165, 1.54) is 6.07 Å². The molecular weight excluding hydrogens is 388 g/mol. The third kappa shape index (κ3) is 6.28. The van der Waals surface area contributed by atoms with E-state index in [1.54, 1.807) is 12.1 Å². The molecule has 0 fully saturated rings. The van der Waals surface area contributed by atoms with Gasteiger partial charge in [-0.1, -0.05) is 58.1 Å². The number of rotatable bonds is 5. The van der Waals surface area contributed by atoms with Crippen LogP contribution in [-0.2, 0) is 11.3 Å². The molecule has 1 amide bonds. The Labute approximate surface area is 153 Å². The van der Waals surface area contributed by atoms with E-state index in [2.05, 4.69) is 33.1 Å². The van der Waals surface area contributed by atoms with E-state index in [0.29, 0.717) is 23.0 Å². The molecule has 25 heavy (non-hydrogen) atoms. The first-order chi connectivity index (χ1) is 12.1. The van der Waals surface area contributed by atoms with Crippen LogP contribution in [-0.4, -0.2) is 17.6 Å². The average Bonchev–Trinajstić information content (AvgIpc) is 2.61. The molecule has 1 N–H and O–H groups in total. The third-order valence-electron chi connectivity index (χ3n) is 3.11. The predicted molar refractivity (Wildman–Crippen MR) is 96.9 cm³/mol. The van der Waals surface area contributed by atoms with Crippen LogP contribution in [0.4, 0.5) is 10.5 Å². The van der Waals surface area contributed by atoms with Gasteiger partial charge in [0.25, 0.3) is 5.69 Å². The van der Waals surface area contributed by atoms with Gasteiger partial charge < -0.3 is 10.1 Å². The Morgan fingerprint density at radius 2 is 2.00 bits per heavy atom. The zero-order valence-electron chi connectivity index (χ0n) is 13.2. The molecule has 0 unspecified atom stereocenters. The highest BCUT2D eigenvalue weighted by molar-refractivity contribution is 9.10. The zero-order valence-corrected chi connectivity index (χ0v) is 14.8. The lowest BCUT2D eigenvalue weighted by molar-refractivity contribution is -0.385. The summed E-state index contributed by atoms with van der Waals surface area (Å²) in [5.74, 6) is 5.55. The van der Waals surface area contributed by atoms with Crippen LogP contribution in [0.15, 0.2) is 53.0 Å². The molecule has 6 nitrogen and oxygen atoms in total. The summed E-state index contributed by atoms with van der Waals surface area (Å²) < 4.78 is 5.68. The monoisotopic (exact) mass is 402 g/mol. The maximum absolute atomic E-state index is 11.6. The molecule has 0 saturated heterocycles. The topological polar surface area (TPSA) is 81.5 Å². The Morgan fingerprint density at radius 1 is 1.24 bits per heavy atom. The van der Waals surface area contributed by atoms with Crippen LogP contribution in [0, 0.1) is 22.0 Å². The second-order valence-electron chi connectivity index (χ2n) is 4.96. The van der Waals surface area contributed by atoms with Crippen molar-refractivity contribution in [3.05, 3.63) is 74.2 Å². The maximum Gasteiger partial charge on any atom is 0.407 e. The number of ether oxygens (including phenoxy) is 1. The summed E-state index contributed by atoms with van der Waals surface area (Å²) >= 11 is 3.19. The number of carbonyl (C=O) groups excluding carboxylic acids is 1. The summed E-state index contributed by atoms with van der Waals surface area (Å²) in [6, 6.07) is 14.0. The summed E-state index contributed by atoms with van der Waals surface area (Å²) in [4.78, 5) is 22.1. The highest BCUT2D eigenvalue weighted by Crippen LogP contribution is 2.22. The number of hydrogen-bond donors (Lipinski definition) is 1. The second-order valence-corrected chi connectivity index (χ2v) is 5.87. The van der Waals surface area contributed by atoms with Crippen molar-refractivity contribution in [2.24, 2.45) is 0 Å². The van der Waals surface area contributed by atoms with Crippen LogP contribution in [0.5, 0.6) is 0 Å². The SMILES string of the molecule is O=C(NCCC#Cc1ccc(Br)cc1[N+](=O)[O-])OCc1ccccc1. The van der Waals surface area contributed by atoms with Crippen LogP contribution in [0.2, 0.25) is 0 Å². The minimum Gasteiger partial charge on any atom is -0.445 e. The van der Waals surface area contributed by atoms with Gasteiger partial charge in [0.05, 0.1) is 4.92 Å². The molecule has 0 bridgehead atoms. The first-order valence-corrected chi connectivity index (χ1v) is 8.23. The van der Waals surface area contributed by atoms with Gasteiger partial charge in [-0.2, -0.15) is 0 Å². The Kier molecular flexibility index (Phi) is 6.99. The number of carbonyl (C=O) groups is 1. The Morgan fingerprint density at radius 3 is 2.72 bits per heavy atom. The number of nitrogens with one attached hydrogen (secondary N) is 1. The fourth-order valence-corrected chi connectivity index (χ4v) is 2.27. The number of alkyl carbamates (subject to hydrolysis) is 1. The van der Waals surface area contributed by atoms with Gasteiger partial charge in [0.1, 0.15) is 12.2 Å². The molecule has 2 aromatic rings. The van der Waals surface area contributed by atoms with Gasteiger partial charge in [0.15, 0.2) is 0 Å². The van der Waals surface area contributed by atoms with Crippen molar-refractivity contribution in [3.63, 3.8) is 0 Å². The van der Waals surface area contributed by atoms with Crippen molar-refractivity contribution in [2.45, 2.75) is 13.0 Å². The first kappa shape index (κ1) is 18.5. The lowest BCUT2D eigenvalue weighted by Gasteiger charge is -2.05. The number of benzene rings is 2. The van der Waals surface area contributed by atoms with E-state index >= 15 is 0 Å². The van der Waals surface area contributed by atoms with Crippen molar-refractivity contribution in [1.82, 2.24) is 5.32 Å². The number of nitrogens with zero attached hydrogens (tertiary/aromatic N) is 1. The van der Waals surface area contributed by atoms with Gasteiger partial charge in [-0.15, -0.1) is 0 Å². The number of hydrogen-bond acceptors (Lipinski definition) is 4. The molecule has 0 aromatic heterocycles. The van der Waals surface area contributed by atoms with Crippen molar-refractivity contribution >= 4 is 27.7 Å². The van der Waals surface area contributed by atoms with Crippen molar-refractivity contribution < 1.29 is 14.5 Å². The van der Waals surface area contributed by atoms with Gasteiger partial charge in [-0.3, -0.25) is 10.1 Å². The predicted octanol–water partition coefficient (Wildman–Crippen LogP) is 4.03. The summed E-state index contributed by atoms with van der Waals surface area (Å²) in [6.45, 7) is 0.494. The lowest BCUT2D eigenvalue weighted by atomic mass is 10.2. The number of amides is 1. The summed E-state index contributed by atoms with van der Waals surface area (Å²) in [5, 5.41) is 13.6. The molecule has 7 heteroatoms. The van der Waals surface area contributed by atoms with Gasteiger partial charge in [-0.25, -0.2) is 4.79 Å². The van der Waals surface area contributed by atoms with E-state index in [0.717, 1.165) is 5.56 Å². The smallest absolute Gasteiger partial charge is 0.407 e. The van der Waals surface area contributed by atoms with Crippen LogP contribution in [0.25, 0.3) is 0 Å². The molecule has 0 aliphatic carbocycles. The third-order valence-corrected chi connectivity index (χ3v) is 3.60. The molecular formula is C18H15BrN2O4. The molecule has 2 aromatic carbocycles. The number of nitro groups is 1. The Bertz CT molecular complexity index is 813. The van der Waals surface area contributed by atoms with E-state index in [1.807, 2.05) is 30.3 Å². The largest absolute Gasteiger partial charge is 0.445 e. The average molecular weight is 403 g/mol. The van der Waals surface area contributed by atoms with Gasteiger partial charge in [0, 0.05) is 23.5 Å². The number of halogens is 1. The number of nitro benzene ring substituents is 1. The molecule has 0 radical (unpaired) electrons. The Hall–Kier alpha value is -2.85. The molecule has 0 aliphatic heterocycles. The van der Waals surface area contributed by atoms with Gasteiger partial charge in [-0.05, 0) is 17.7 Å². The molecule has 0 aliphatic rings. The van der Waals surface area contributed by atoms with Crippen LogP contribution >= 0.6 is 15.9 Å². The second kappa shape index (κ2) is 9.45. The summed E-state index contributed by atoms with van der Waals surface area (Å²) in [5.41, 5.74) is 1.18. The minimum absolute atomic E-state index is 0.0582. The van der Waals surface area contributed by atoms with Gasteiger partial charge in [0.2, 0.25) is 0 Å². The molecule has 0 heterocycles. The quantitative estimate of drug-likeness (QED) is 0.354. The van der Waals surface area contributed by atoms with E-state index in [-0.39, 0.29) is 12.3 Å². The summed E-state index contributed by atoms with van der Waals surface area (Å²) in [6.07, 6.45) is -0.173. The van der Waals surface area contributed by atoms with E-state index in [4.69, 9.17) is 4.74 Å². The fraction of sp³-hybridized carbons (Fsp3) is 0.167. The van der Waals surface area contributed by atoms with Crippen LogP contribution < -0.4 is 5.32 Å². The summed E-state index contributed by atoms with van der Waals surface area (Å²) in [7, 11) is 0. The van der Waals surface area contributed by atoms with Gasteiger partial charge >= 0.3 is 6.09 Å².